The van der Waals surface area contributed by atoms with Crippen LogP contribution in [0.15, 0.2) is 69.6 Å². The molecule has 3 rings (SSSR count). The van der Waals surface area contributed by atoms with Crippen LogP contribution in [0.4, 0.5) is 0 Å². The second kappa shape index (κ2) is 10.6. The molecule has 3 aromatic rings. The van der Waals surface area contributed by atoms with Gasteiger partial charge in [-0.15, -0.1) is 0 Å². The fourth-order valence-electron chi connectivity index (χ4n) is 2.96. The first-order chi connectivity index (χ1) is 15.3. The minimum Gasteiger partial charge on any atom is -0.507 e. The molecule has 0 aliphatic rings. The van der Waals surface area contributed by atoms with Gasteiger partial charge in [0.25, 0.3) is 5.91 Å². The van der Waals surface area contributed by atoms with Gasteiger partial charge in [-0.25, -0.2) is 5.06 Å². The molecule has 0 radical (unpaired) electrons. The van der Waals surface area contributed by atoms with Crippen molar-refractivity contribution >= 4 is 43.7 Å². The topological polar surface area (TPSA) is 96.3 Å². The maximum absolute atomic E-state index is 13.0. The summed E-state index contributed by atoms with van der Waals surface area (Å²) >= 11 is 6.77. The normalized spacial score (nSPS) is 10.6. The summed E-state index contributed by atoms with van der Waals surface area (Å²) in [6.45, 7) is 0.197. The zero-order chi connectivity index (χ0) is 23.3. The quantitative estimate of drug-likeness (QED) is 0.349. The Hall–Kier alpha value is -2.88. The smallest absolute Gasteiger partial charge is 0.307 e. The van der Waals surface area contributed by atoms with Crippen molar-refractivity contribution in [2.24, 2.45) is 0 Å². The van der Waals surface area contributed by atoms with Crippen molar-refractivity contribution < 1.29 is 29.4 Å². The molecule has 0 fully saturated rings. The van der Waals surface area contributed by atoms with Crippen molar-refractivity contribution in [1.29, 1.82) is 0 Å². The number of hydrogen-bond donors (Lipinski definition) is 2. The molecule has 3 aromatic carbocycles. The molecule has 0 atom stereocenters. The molecule has 32 heavy (non-hydrogen) atoms. The number of phenolic OH excluding ortho intramolecular Hbond substituents is 1. The van der Waals surface area contributed by atoms with E-state index in [1.807, 2.05) is 30.3 Å². The molecular formula is C23H19Br2NO6. The number of carbonyl (C=O) groups is 2. The summed E-state index contributed by atoms with van der Waals surface area (Å²) in [6, 6.07) is 16.9. The Morgan fingerprint density at radius 2 is 1.62 bits per heavy atom. The highest BCUT2D eigenvalue weighted by atomic mass is 79.9. The largest absolute Gasteiger partial charge is 0.507 e. The van der Waals surface area contributed by atoms with Crippen molar-refractivity contribution in [1.82, 2.24) is 5.06 Å². The lowest BCUT2D eigenvalue weighted by Crippen LogP contribution is -2.29. The van der Waals surface area contributed by atoms with Crippen LogP contribution in [-0.4, -0.2) is 34.3 Å². The fourth-order valence-corrected chi connectivity index (χ4v) is 4.40. The molecule has 0 spiro atoms. The van der Waals surface area contributed by atoms with E-state index in [0.717, 1.165) is 10.6 Å². The molecular weight excluding hydrogens is 546 g/mol. The number of carboxylic acid groups (broad SMARTS) is 1. The van der Waals surface area contributed by atoms with Crippen LogP contribution in [0.1, 0.15) is 21.5 Å². The van der Waals surface area contributed by atoms with Crippen molar-refractivity contribution in [2.45, 2.75) is 13.0 Å². The number of halogens is 2. The number of hydrogen-bond acceptors (Lipinski definition) is 5. The number of aromatic hydroxyl groups is 1. The number of hydroxylamine groups is 2. The van der Waals surface area contributed by atoms with E-state index in [4.69, 9.17) is 14.7 Å². The molecule has 0 aliphatic heterocycles. The van der Waals surface area contributed by atoms with Crippen LogP contribution in [0.2, 0.25) is 0 Å². The molecule has 9 heteroatoms. The predicted octanol–water partition coefficient (Wildman–Crippen LogP) is 5.54. The van der Waals surface area contributed by atoms with Crippen molar-refractivity contribution in [2.75, 3.05) is 7.11 Å². The minimum absolute atomic E-state index is 0.00928. The standard InChI is InChI=1S/C23H19Br2NO6/c1-31-26(13-14-5-3-2-4-6-14)23(30)17-12-16(7-8-20(17)27)32-22-18(24)9-15(10-19(22)25)11-21(28)29/h2-10,12,27H,11,13H2,1H3,(H,28,29). The van der Waals surface area contributed by atoms with E-state index in [0.29, 0.717) is 26.0 Å². The fraction of sp³-hybridized carbons (Fsp3) is 0.130. The van der Waals surface area contributed by atoms with Gasteiger partial charge < -0.3 is 14.9 Å². The summed E-state index contributed by atoms with van der Waals surface area (Å²) in [5.41, 5.74) is 1.46. The molecule has 0 aromatic heterocycles. The van der Waals surface area contributed by atoms with Crippen LogP contribution in [0.5, 0.6) is 17.2 Å². The van der Waals surface area contributed by atoms with Gasteiger partial charge >= 0.3 is 5.97 Å². The average molecular weight is 565 g/mol. The van der Waals surface area contributed by atoms with E-state index in [1.165, 1.54) is 25.3 Å². The number of benzene rings is 3. The van der Waals surface area contributed by atoms with E-state index in [9.17, 15) is 14.7 Å². The maximum atomic E-state index is 13.0. The Morgan fingerprint density at radius 3 is 2.22 bits per heavy atom. The molecule has 0 saturated heterocycles. The number of phenols is 1. The average Bonchev–Trinajstić information content (AvgIpc) is 2.75. The van der Waals surface area contributed by atoms with Gasteiger partial charge in [0.2, 0.25) is 0 Å². The SMILES string of the molecule is CON(Cc1ccccc1)C(=O)c1cc(Oc2c(Br)cc(CC(=O)O)cc2Br)ccc1O. The van der Waals surface area contributed by atoms with Gasteiger partial charge in [-0.05, 0) is 73.3 Å². The van der Waals surface area contributed by atoms with E-state index < -0.39 is 11.9 Å². The number of ether oxygens (including phenoxy) is 1. The number of amides is 1. The Balaban J connectivity index is 1.85. The third kappa shape index (κ3) is 5.87. The van der Waals surface area contributed by atoms with E-state index >= 15 is 0 Å². The van der Waals surface area contributed by atoms with Crippen molar-refractivity contribution in [3.63, 3.8) is 0 Å². The van der Waals surface area contributed by atoms with E-state index in [1.54, 1.807) is 12.1 Å². The Labute approximate surface area is 201 Å². The lowest BCUT2D eigenvalue weighted by Gasteiger charge is -2.21. The van der Waals surface area contributed by atoms with Crippen LogP contribution in [-0.2, 0) is 22.6 Å². The molecule has 0 unspecified atom stereocenters. The van der Waals surface area contributed by atoms with Gasteiger partial charge in [0.15, 0.2) is 5.75 Å². The highest BCUT2D eigenvalue weighted by Gasteiger charge is 2.21. The van der Waals surface area contributed by atoms with Crippen molar-refractivity contribution in [3.05, 3.63) is 86.3 Å². The van der Waals surface area contributed by atoms with Gasteiger partial charge in [0.05, 0.1) is 34.6 Å². The third-order valence-electron chi connectivity index (χ3n) is 4.45. The van der Waals surface area contributed by atoms with E-state index in [-0.39, 0.29) is 24.3 Å². The second-order valence-electron chi connectivity index (χ2n) is 6.75. The maximum Gasteiger partial charge on any atom is 0.307 e. The van der Waals surface area contributed by atoms with Gasteiger partial charge in [-0.2, -0.15) is 0 Å². The molecule has 0 aliphatic carbocycles. The summed E-state index contributed by atoms with van der Waals surface area (Å²) in [7, 11) is 1.38. The number of carbonyl (C=O) groups excluding carboxylic acids is 1. The molecule has 166 valence electrons. The summed E-state index contributed by atoms with van der Waals surface area (Å²) < 4.78 is 6.98. The third-order valence-corrected chi connectivity index (χ3v) is 5.63. The minimum atomic E-state index is -0.947. The Bertz CT molecular complexity index is 1110. The number of carboxylic acids is 1. The summed E-state index contributed by atoms with van der Waals surface area (Å²) in [6.07, 6.45) is -0.135. The van der Waals surface area contributed by atoms with Gasteiger partial charge in [-0.3, -0.25) is 14.4 Å². The monoisotopic (exact) mass is 563 g/mol. The van der Waals surface area contributed by atoms with Gasteiger partial charge in [-0.1, -0.05) is 30.3 Å². The van der Waals surface area contributed by atoms with Gasteiger partial charge in [0.1, 0.15) is 11.5 Å². The van der Waals surface area contributed by atoms with Crippen LogP contribution in [0, 0.1) is 0 Å². The zero-order valence-electron chi connectivity index (χ0n) is 16.9. The van der Waals surface area contributed by atoms with Crippen LogP contribution < -0.4 is 4.74 Å². The Kier molecular flexibility index (Phi) is 7.89. The second-order valence-corrected chi connectivity index (χ2v) is 8.46. The highest BCUT2D eigenvalue weighted by Crippen LogP contribution is 2.39. The Morgan fingerprint density at radius 1 is 0.969 bits per heavy atom. The first-order valence-electron chi connectivity index (χ1n) is 9.39. The molecule has 7 nitrogen and oxygen atoms in total. The summed E-state index contributed by atoms with van der Waals surface area (Å²) in [4.78, 5) is 29.2. The van der Waals surface area contributed by atoms with Crippen LogP contribution in [0.3, 0.4) is 0 Å². The first-order valence-corrected chi connectivity index (χ1v) is 11.0. The van der Waals surface area contributed by atoms with Gasteiger partial charge in [0, 0.05) is 0 Å². The summed E-state index contributed by atoms with van der Waals surface area (Å²) in [5, 5.41) is 20.4. The number of rotatable bonds is 8. The molecule has 0 saturated carbocycles. The zero-order valence-corrected chi connectivity index (χ0v) is 20.1. The molecule has 2 N–H and O–H groups in total. The number of aliphatic carboxylic acids is 1. The van der Waals surface area contributed by atoms with Crippen molar-refractivity contribution in [3.8, 4) is 17.2 Å². The lowest BCUT2D eigenvalue weighted by molar-refractivity contribution is -0.136. The lowest BCUT2D eigenvalue weighted by atomic mass is 10.1. The highest BCUT2D eigenvalue weighted by molar-refractivity contribution is 9.11. The molecule has 0 bridgehead atoms. The first kappa shape index (κ1) is 23.8. The van der Waals surface area contributed by atoms with E-state index in [2.05, 4.69) is 31.9 Å². The molecule has 0 heterocycles. The molecule has 1 amide bonds. The predicted molar refractivity (Wildman–Crippen MR) is 125 cm³/mol. The van der Waals surface area contributed by atoms with Crippen LogP contribution in [0.25, 0.3) is 0 Å². The van der Waals surface area contributed by atoms with Crippen LogP contribution >= 0.6 is 31.9 Å². The summed E-state index contributed by atoms with van der Waals surface area (Å²) in [5.74, 6) is -0.996. The number of nitrogens with zero attached hydrogens (tertiary/aromatic N) is 1.